The van der Waals surface area contributed by atoms with Crippen LogP contribution < -0.4 is 4.74 Å². The predicted octanol–water partition coefficient (Wildman–Crippen LogP) is 4.13. The van der Waals surface area contributed by atoms with Crippen LogP contribution in [0.15, 0.2) is 47.4 Å². The number of aromatic carboxylic acids is 1. The Labute approximate surface area is 131 Å². The molecule has 0 saturated carbocycles. The van der Waals surface area contributed by atoms with E-state index in [1.165, 1.54) is 0 Å². The zero-order valence-corrected chi connectivity index (χ0v) is 12.7. The van der Waals surface area contributed by atoms with Crippen molar-refractivity contribution in [1.29, 1.82) is 0 Å². The minimum Gasteiger partial charge on any atom is -0.489 e. The first kappa shape index (κ1) is 14.3. The highest BCUT2D eigenvalue weighted by atomic mass is 35.5. The van der Waals surface area contributed by atoms with Crippen LogP contribution in [0.1, 0.15) is 15.9 Å². The lowest BCUT2D eigenvalue weighted by Gasteiger charge is -2.10. The Kier molecular flexibility index (Phi) is 4.08. The first-order chi connectivity index (χ1) is 10.1. The highest BCUT2D eigenvalue weighted by Crippen LogP contribution is 2.33. The average molecular weight is 321 g/mol. The molecule has 2 aromatic rings. The molecular formula is C16H13ClO3S. The van der Waals surface area contributed by atoms with Gasteiger partial charge in [-0.25, -0.2) is 4.79 Å². The van der Waals surface area contributed by atoms with E-state index in [0.29, 0.717) is 5.56 Å². The number of hydrogen-bond donors (Lipinski definition) is 1. The van der Waals surface area contributed by atoms with Crippen molar-refractivity contribution < 1.29 is 14.6 Å². The van der Waals surface area contributed by atoms with E-state index in [9.17, 15) is 4.79 Å². The van der Waals surface area contributed by atoms with Crippen molar-refractivity contribution in [2.24, 2.45) is 0 Å². The smallest absolute Gasteiger partial charge is 0.335 e. The molecule has 0 radical (unpaired) electrons. The molecule has 108 valence electrons. The molecule has 2 aromatic carbocycles. The number of benzene rings is 2. The fourth-order valence-corrected chi connectivity index (χ4v) is 3.43. The summed E-state index contributed by atoms with van der Waals surface area (Å²) < 4.78 is 5.87. The minimum atomic E-state index is -0.906. The molecule has 1 N–H and O–H groups in total. The van der Waals surface area contributed by atoms with Crippen LogP contribution in [0, 0.1) is 0 Å². The number of ether oxygens (including phenoxy) is 1. The second-order valence-electron chi connectivity index (χ2n) is 4.84. The van der Waals surface area contributed by atoms with Gasteiger partial charge in [0.25, 0.3) is 0 Å². The summed E-state index contributed by atoms with van der Waals surface area (Å²) in [5.74, 6) is 0.760. The second kappa shape index (κ2) is 6.00. The maximum atomic E-state index is 10.9. The number of carboxylic acid groups (broad SMARTS) is 1. The summed E-state index contributed by atoms with van der Waals surface area (Å²) in [6.45, 7) is 0. The molecule has 1 aliphatic rings. The third kappa shape index (κ3) is 3.34. The third-order valence-electron chi connectivity index (χ3n) is 3.28. The molecule has 0 amide bonds. The number of halogens is 1. The van der Waals surface area contributed by atoms with E-state index in [-0.39, 0.29) is 6.10 Å². The highest BCUT2D eigenvalue weighted by molar-refractivity contribution is 7.99. The Morgan fingerprint density at radius 3 is 3.00 bits per heavy atom. The summed E-state index contributed by atoms with van der Waals surface area (Å²) in [7, 11) is 0. The van der Waals surface area contributed by atoms with Crippen LogP contribution in [-0.4, -0.2) is 22.9 Å². The molecule has 1 heterocycles. The van der Waals surface area contributed by atoms with Gasteiger partial charge in [0.05, 0.1) is 5.56 Å². The van der Waals surface area contributed by atoms with Crippen LogP contribution in [0.4, 0.5) is 0 Å². The molecule has 0 spiro atoms. The summed E-state index contributed by atoms with van der Waals surface area (Å²) in [4.78, 5) is 11.9. The molecule has 0 saturated heterocycles. The van der Waals surface area contributed by atoms with E-state index < -0.39 is 5.97 Å². The number of carboxylic acids is 1. The first-order valence-electron chi connectivity index (χ1n) is 6.53. The van der Waals surface area contributed by atoms with Gasteiger partial charge in [0.2, 0.25) is 0 Å². The predicted molar refractivity (Wildman–Crippen MR) is 83.7 cm³/mol. The zero-order valence-electron chi connectivity index (χ0n) is 11.1. The van der Waals surface area contributed by atoms with Crippen molar-refractivity contribution in [3.63, 3.8) is 0 Å². The van der Waals surface area contributed by atoms with Gasteiger partial charge in [-0.1, -0.05) is 17.7 Å². The third-order valence-corrected chi connectivity index (χ3v) is 4.64. The molecule has 5 heteroatoms. The van der Waals surface area contributed by atoms with Gasteiger partial charge in [-0.05, 0) is 42.0 Å². The number of fused-ring (bicyclic) bond motifs is 1. The van der Waals surface area contributed by atoms with Crippen molar-refractivity contribution in [2.45, 2.75) is 17.4 Å². The summed E-state index contributed by atoms with van der Waals surface area (Å²) >= 11 is 7.58. The lowest BCUT2D eigenvalue weighted by molar-refractivity contribution is 0.0696. The Morgan fingerprint density at radius 2 is 2.19 bits per heavy atom. The van der Waals surface area contributed by atoms with Crippen molar-refractivity contribution in [1.82, 2.24) is 0 Å². The van der Waals surface area contributed by atoms with Gasteiger partial charge >= 0.3 is 5.97 Å². The van der Waals surface area contributed by atoms with Gasteiger partial charge in [-0.2, -0.15) is 0 Å². The Hall–Kier alpha value is -1.65. The molecule has 3 nitrogen and oxygen atoms in total. The lowest BCUT2D eigenvalue weighted by atomic mass is 10.1. The van der Waals surface area contributed by atoms with E-state index in [1.807, 2.05) is 24.3 Å². The van der Waals surface area contributed by atoms with Crippen molar-refractivity contribution in [3.05, 3.63) is 58.6 Å². The van der Waals surface area contributed by atoms with Crippen molar-refractivity contribution >= 4 is 29.3 Å². The highest BCUT2D eigenvalue weighted by Gasteiger charge is 2.23. The molecule has 3 rings (SSSR count). The van der Waals surface area contributed by atoms with Crippen LogP contribution in [0.25, 0.3) is 0 Å². The zero-order chi connectivity index (χ0) is 14.8. The molecule has 1 unspecified atom stereocenters. The van der Waals surface area contributed by atoms with Crippen LogP contribution in [0.2, 0.25) is 5.02 Å². The van der Waals surface area contributed by atoms with Crippen LogP contribution in [-0.2, 0) is 6.42 Å². The molecule has 21 heavy (non-hydrogen) atoms. The van der Waals surface area contributed by atoms with Crippen LogP contribution in [0.3, 0.4) is 0 Å². The van der Waals surface area contributed by atoms with Gasteiger partial charge in [-0.3, -0.25) is 0 Å². The maximum absolute atomic E-state index is 10.9. The summed E-state index contributed by atoms with van der Waals surface area (Å²) in [5, 5.41) is 9.71. The summed E-state index contributed by atoms with van der Waals surface area (Å²) in [6.07, 6.45) is 0.929. The number of carbonyl (C=O) groups is 1. The van der Waals surface area contributed by atoms with E-state index in [0.717, 1.165) is 33.4 Å². The quantitative estimate of drug-likeness (QED) is 0.860. The molecule has 0 aliphatic carbocycles. The van der Waals surface area contributed by atoms with Gasteiger partial charge in [0.15, 0.2) is 0 Å². The standard InChI is InChI=1S/C16H13ClO3S/c17-12-4-5-15-11(6-12)7-13(20-15)9-21-14-3-1-2-10(8-14)16(18)19/h1-6,8,13H,7,9H2,(H,18,19). The van der Waals surface area contributed by atoms with Crippen molar-refractivity contribution in [2.75, 3.05) is 5.75 Å². The molecular weight excluding hydrogens is 308 g/mol. The number of rotatable bonds is 4. The SMILES string of the molecule is O=C(O)c1cccc(SCC2Cc3cc(Cl)ccc3O2)c1. The second-order valence-corrected chi connectivity index (χ2v) is 6.37. The fraction of sp³-hybridized carbons (Fsp3) is 0.188. The van der Waals surface area contributed by atoms with E-state index in [1.54, 1.807) is 30.0 Å². The molecule has 1 atom stereocenters. The summed E-state index contributed by atoms with van der Waals surface area (Å²) in [6, 6.07) is 12.6. The molecule has 0 fully saturated rings. The van der Waals surface area contributed by atoms with Gasteiger partial charge in [-0.15, -0.1) is 11.8 Å². The summed E-state index contributed by atoms with van der Waals surface area (Å²) in [5.41, 5.74) is 1.44. The number of hydrogen-bond acceptors (Lipinski definition) is 3. The Balaban J connectivity index is 1.62. The first-order valence-corrected chi connectivity index (χ1v) is 7.89. The van der Waals surface area contributed by atoms with Crippen molar-refractivity contribution in [3.8, 4) is 5.75 Å². The van der Waals surface area contributed by atoms with E-state index in [2.05, 4.69) is 0 Å². The number of thioether (sulfide) groups is 1. The van der Waals surface area contributed by atoms with Crippen LogP contribution >= 0.6 is 23.4 Å². The maximum Gasteiger partial charge on any atom is 0.335 e. The Morgan fingerprint density at radius 1 is 1.33 bits per heavy atom. The van der Waals surface area contributed by atoms with Crippen LogP contribution in [0.5, 0.6) is 5.75 Å². The molecule has 0 aromatic heterocycles. The fourth-order valence-electron chi connectivity index (χ4n) is 2.29. The molecule has 1 aliphatic heterocycles. The van der Waals surface area contributed by atoms with Gasteiger partial charge in [0.1, 0.15) is 11.9 Å². The Bertz CT molecular complexity index is 687. The normalized spacial score (nSPS) is 16.3. The lowest BCUT2D eigenvalue weighted by Crippen LogP contribution is -2.15. The minimum absolute atomic E-state index is 0.0944. The van der Waals surface area contributed by atoms with E-state index in [4.69, 9.17) is 21.4 Å². The average Bonchev–Trinajstić information content (AvgIpc) is 2.87. The topological polar surface area (TPSA) is 46.5 Å². The molecule has 0 bridgehead atoms. The monoisotopic (exact) mass is 320 g/mol. The largest absolute Gasteiger partial charge is 0.489 e. The van der Waals surface area contributed by atoms with Gasteiger partial charge in [0, 0.05) is 22.1 Å². The van der Waals surface area contributed by atoms with Gasteiger partial charge < -0.3 is 9.84 Å². The van der Waals surface area contributed by atoms with E-state index >= 15 is 0 Å².